The lowest BCUT2D eigenvalue weighted by atomic mass is 10.0. The monoisotopic (exact) mass is 406 g/mol. The SMILES string of the molecule is COc1ccccc1C(CNC(=O)c1cccc(Cn2nc(C)cc2C)c1)N(C)C. The van der Waals surface area contributed by atoms with Gasteiger partial charge in [0.15, 0.2) is 0 Å². The van der Waals surface area contributed by atoms with Gasteiger partial charge in [0.2, 0.25) is 0 Å². The Balaban J connectivity index is 1.71. The maximum absolute atomic E-state index is 12.8. The van der Waals surface area contributed by atoms with E-state index in [9.17, 15) is 4.79 Å². The Hall–Kier alpha value is -3.12. The molecule has 0 spiro atoms. The van der Waals surface area contributed by atoms with Crippen LogP contribution >= 0.6 is 0 Å². The average molecular weight is 407 g/mol. The molecule has 1 N–H and O–H groups in total. The number of hydrogen-bond donors (Lipinski definition) is 1. The van der Waals surface area contributed by atoms with Gasteiger partial charge in [-0.2, -0.15) is 5.10 Å². The Morgan fingerprint density at radius 3 is 2.57 bits per heavy atom. The highest BCUT2D eigenvalue weighted by Gasteiger charge is 2.19. The van der Waals surface area contributed by atoms with E-state index in [0.717, 1.165) is 28.3 Å². The molecule has 0 bridgehead atoms. The quantitative estimate of drug-likeness (QED) is 0.621. The highest BCUT2D eigenvalue weighted by molar-refractivity contribution is 5.94. The van der Waals surface area contributed by atoms with Crippen molar-refractivity contribution in [3.8, 4) is 5.75 Å². The second-order valence-corrected chi connectivity index (χ2v) is 7.72. The standard InChI is InChI=1S/C24H30N4O2/c1-17-13-18(2)28(26-17)16-19-9-8-10-20(14-19)24(29)25-15-22(27(3)4)21-11-6-7-12-23(21)30-5/h6-14,22H,15-16H2,1-5H3,(H,25,29). The summed E-state index contributed by atoms with van der Waals surface area (Å²) in [6, 6.07) is 17.7. The molecule has 30 heavy (non-hydrogen) atoms. The minimum Gasteiger partial charge on any atom is -0.496 e. The Morgan fingerprint density at radius 2 is 1.90 bits per heavy atom. The van der Waals surface area contributed by atoms with E-state index in [0.29, 0.717) is 18.7 Å². The molecule has 0 fully saturated rings. The number of likely N-dealkylation sites (N-methyl/N-ethyl adjacent to an activating group) is 1. The van der Waals surface area contributed by atoms with Crippen LogP contribution in [0.5, 0.6) is 5.75 Å². The zero-order valence-electron chi connectivity index (χ0n) is 18.3. The molecule has 3 rings (SSSR count). The largest absolute Gasteiger partial charge is 0.496 e. The van der Waals surface area contributed by atoms with Crippen LogP contribution in [0.2, 0.25) is 0 Å². The summed E-state index contributed by atoms with van der Waals surface area (Å²) in [5.74, 6) is 0.726. The molecule has 1 atom stereocenters. The van der Waals surface area contributed by atoms with Crippen molar-refractivity contribution in [3.05, 3.63) is 82.7 Å². The molecule has 6 heteroatoms. The van der Waals surface area contributed by atoms with Crippen molar-refractivity contribution in [1.29, 1.82) is 0 Å². The van der Waals surface area contributed by atoms with E-state index in [4.69, 9.17) is 4.74 Å². The topological polar surface area (TPSA) is 59.4 Å². The maximum atomic E-state index is 12.8. The van der Waals surface area contributed by atoms with Crippen LogP contribution in [0, 0.1) is 13.8 Å². The van der Waals surface area contributed by atoms with Gasteiger partial charge in [0.1, 0.15) is 5.75 Å². The van der Waals surface area contributed by atoms with Gasteiger partial charge in [-0.1, -0.05) is 30.3 Å². The van der Waals surface area contributed by atoms with Crippen molar-refractivity contribution in [2.45, 2.75) is 26.4 Å². The zero-order chi connectivity index (χ0) is 21.7. The second-order valence-electron chi connectivity index (χ2n) is 7.72. The third-order valence-electron chi connectivity index (χ3n) is 5.20. The summed E-state index contributed by atoms with van der Waals surface area (Å²) in [7, 11) is 5.66. The van der Waals surface area contributed by atoms with E-state index in [1.807, 2.05) is 81.2 Å². The molecular weight excluding hydrogens is 376 g/mol. The Labute approximate surface area is 178 Å². The minimum atomic E-state index is -0.0908. The summed E-state index contributed by atoms with van der Waals surface area (Å²) in [6.45, 7) is 5.14. The molecule has 2 aromatic carbocycles. The van der Waals surface area contributed by atoms with Crippen molar-refractivity contribution in [2.24, 2.45) is 0 Å². The predicted molar refractivity (Wildman–Crippen MR) is 119 cm³/mol. The molecular formula is C24H30N4O2. The number of carbonyl (C=O) groups excluding carboxylic acids is 1. The van der Waals surface area contributed by atoms with Gasteiger partial charge in [-0.05, 0) is 57.8 Å². The number of benzene rings is 2. The first-order valence-electron chi connectivity index (χ1n) is 10.1. The molecule has 0 saturated heterocycles. The fourth-order valence-electron chi connectivity index (χ4n) is 3.62. The van der Waals surface area contributed by atoms with Crippen LogP contribution < -0.4 is 10.1 Å². The van der Waals surface area contributed by atoms with E-state index in [2.05, 4.69) is 21.4 Å². The van der Waals surface area contributed by atoms with Gasteiger partial charge in [0, 0.05) is 23.4 Å². The van der Waals surface area contributed by atoms with Crippen LogP contribution in [0.1, 0.15) is 38.9 Å². The van der Waals surface area contributed by atoms with Crippen molar-refractivity contribution < 1.29 is 9.53 Å². The van der Waals surface area contributed by atoms with E-state index >= 15 is 0 Å². The van der Waals surface area contributed by atoms with Gasteiger partial charge in [-0.15, -0.1) is 0 Å². The average Bonchev–Trinajstić information content (AvgIpc) is 3.04. The van der Waals surface area contributed by atoms with Gasteiger partial charge >= 0.3 is 0 Å². The number of methoxy groups -OCH3 is 1. The van der Waals surface area contributed by atoms with Crippen LogP contribution in [-0.4, -0.2) is 48.3 Å². The molecule has 6 nitrogen and oxygen atoms in total. The molecule has 0 aliphatic heterocycles. The molecule has 0 saturated carbocycles. The minimum absolute atomic E-state index is 0.00276. The molecule has 0 radical (unpaired) electrons. The number of carbonyl (C=O) groups is 1. The lowest BCUT2D eigenvalue weighted by Crippen LogP contribution is -2.34. The second kappa shape index (κ2) is 9.59. The highest BCUT2D eigenvalue weighted by Crippen LogP contribution is 2.27. The molecule has 1 heterocycles. The number of nitrogens with one attached hydrogen (secondary N) is 1. The van der Waals surface area contributed by atoms with E-state index in [1.54, 1.807) is 7.11 Å². The van der Waals surface area contributed by atoms with E-state index in [1.165, 1.54) is 0 Å². The first-order valence-corrected chi connectivity index (χ1v) is 10.1. The van der Waals surface area contributed by atoms with Crippen LogP contribution in [0.3, 0.4) is 0 Å². The van der Waals surface area contributed by atoms with Crippen molar-refractivity contribution in [2.75, 3.05) is 27.7 Å². The number of para-hydroxylation sites is 1. The number of hydrogen-bond acceptors (Lipinski definition) is 4. The van der Waals surface area contributed by atoms with E-state index in [-0.39, 0.29) is 11.9 Å². The van der Waals surface area contributed by atoms with Crippen LogP contribution in [-0.2, 0) is 6.54 Å². The molecule has 1 unspecified atom stereocenters. The molecule has 0 aliphatic rings. The molecule has 1 amide bonds. The maximum Gasteiger partial charge on any atom is 0.251 e. The Kier molecular flexibility index (Phi) is 6.90. The van der Waals surface area contributed by atoms with Gasteiger partial charge < -0.3 is 15.0 Å². The van der Waals surface area contributed by atoms with E-state index < -0.39 is 0 Å². The smallest absolute Gasteiger partial charge is 0.251 e. The fourth-order valence-corrected chi connectivity index (χ4v) is 3.62. The van der Waals surface area contributed by atoms with Crippen molar-refractivity contribution in [3.63, 3.8) is 0 Å². The van der Waals surface area contributed by atoms with Gasteiger partial charge in [0.25, 0.3) is 5.91 Å². The fraction of sp³-hybridized carbons (Fsp3) is 0.333. The Bertz CT molecular complexity index is 1010. The zero-order valence-corrected chi connectivity index (χ0v) is 18.3. The summed E-state index contributed by atoms with van der Waals surface area (Å²) in [4.78, 5) is 14.9. The summed E-state index contributed by atoms with van der Waals surface area (Å²) < 4.78 is 7.46. The summed E-state index contributed by atoms with van der Waals surface area (Å²) in [5, 5.41) is 7.59. The lowest BCUT2D eigenvalue weighted by Gasteiger charge is -2.26. The first-order chi connectivity index (χ1) is 14.4. The Morgan fingerprint density at radius 1 is 1.13 bits per heavy atom. The number of ether oxygens (including phenoxy) is 1. The summed E-state index contributed by atoms with van der Waals surface area (Å²) >= 11 is 0. The van der Waals surface area contributed by atoms with Crippen LogP contribution in [0.25, 0.3) is 0 Å². The number of aromatic nitrogens is 2. The highest BCUT2D eigenvalue weighted by atomic mass is 16.5. The predicted octanol–water partition coefficient (Wildman–Crippen LogP) is 3.59. The van der Waals surface area contributed by atoms with Crippen LogP contribution in [0.4, 0.5) is 0 Å². The van der Waals surface area contributed by atoms with Crippen molar-refractivity contribution >= 4 is 5.91 Å². The van der Waals surface area contributed by atoms with Crippen molar-refractivity contribution in [1.82, 2.24) is 20.0 Å². The number of rotatable bonds is 8. The van der Waals surface area contributed by atoms with Crippen LogP contribution in [0.15, 0.2) is 54.6 Å². The van der Waals surface area contributed by atoms with Gasteiger partial charge in [0.05, 0.1) is 25.4 Å². The summed E-state index contributed by atoms with van der Waals surface area (Å²) in [6.07, 6.45) is 0. The molecule has 3 aromatic rings. The molecule has 158 valence electrons. The third-order valence-corrected chi connectivity index (χ3v) is 5.20. The first kappa shape index (κ1) is 21.6. The van der Waals surface area contributed by atoms with Gasteiger partial charge in [-0.25, -0.2) is 0 Å². The number of nitrogens with zero attached hydrogens (tertiary/aromatic N) is 3. The lowest BCUT2D eigenvalue weighted by molar-refractivity contribution is 0.0941. The number of aryl methyl sites for hydroxylation is 2. The number of amides is 1. The molecule has 0 aliphatic carbocycles. The third kappa shape index (κ3) is 5.07. The van der Waals surface area contributed by atoms with Gasteiger partial charge in [-0.3, -0.25) is 9.48 Å². The summed E-state index contributed by atoms with van der Waals surface area (Å²) in [5.41, 5.74) is 4.83. The normalized spacial score (nSPS) is 12.1. The molecule has 1 aromatic heterocycles.